The largest absolute Gasteiger partial charge is 0.492 e. The second-order valence-corrected chi connectivity index (χ2v) is 9.40. The summed E-state index contributed by atoms with van der Waals surface area (Å²) in [6.07, 6.45) is 8.17. The lowest BCUT2D eigenvalue weighted by Gasteiger charge is -2.31. The van der Waals surface area contributed by atoms with Gasteiger partial charge in [-0.25, -0.2) is 0 Å². The van der Waals surface area contributed by atoms with Gasteiger partial charge in [-0.2, -0.15) is 11.8 Å². The van der Waals surface area contributed by atoms with Crippen molar-refractivity contribution in [3.63, 3.8) is 0 Å². The fraction of sp³-hybridized carbons (Fsp3) is 0.696. The van der Waals surface area contributed by atoms with Gasteiger partial charge in [0.1, 0.15) is 12.4 Å². The first-order valence-corrected chi connectivity index (χ1v) is 12.5. The van der Waals surface area contributed by atoms with Gasteiger partial charge in [0.15, 0.2) is 5.96 Å². The quantitative estimate of drug-likeness (QED) is 0.272. The van der Waals surface area contributed by atoms with Gasteiger partial charge in [0, 0.05) is 50.7 Å². The number of ether oxygens (including phenoxy) is 2. The Morgan fingerprint density at radius 3 is 2.77 bits per heavy atom. The minimum atomic E-state index is 0. The Balaban J connectivity index is 0.00000341. The maximum atomic E-state index is 6.02. The van der Waals surface area contributed by atoms with Crippen LogP contribution in [0.1, 0.15) is 37.7 Å². The molecule has 0 aromatic heterocycles. The van der Waals surface area contributed by atoms with Gasteiger partial charge < -0.3 is 20.1 Å². The molecule has 1 aromatic rings. The van der Waals surface area contributed by atoms with Crippen molar-refractivity contribution < 1.29 is 9.47 Å². The summed E-state index contributed by atoms with van der Waals surface area (Å²) >= 11 is 1.98. The molecule has 1 aromatic carbocycles. The van der Waals surface area contributed by atoms with Gasteiger partial charge >= 0.3 is 0 Å². The molecule has 0 spiro atoms. The number of likely N-dealkylation sites (N-methyl/N-ethyl adjacent to an activating group) is 1. The van der Waals surface area contributed by atoms with Crippen molar-refractivity contribution in [3.05, 3.63) is 29.8 Å². The molecule has 2 fully saturated rings. The van der Waals surface area contributed by atoms with Gasteiger partial charge in [-0.1, -0.05) is 12.1 Å². The Kier molecular flexibility index (Phi) is 12.4. The van der Waals surface area contributed by atoms with Crippen molar-refractivity contribution in [3.8, 4) is 5.75 Å². The number of aliphatic imine (C=N–C) groups is 1. The predicted molar refractivity (Wildman–Crippen MR) is 142 cm³/mol. The van der Waals surface area contributed by atoms with E-state index >= 15 is 0 Å². The molecule has 6 nitrogen and oxygen atoms in total. The number of guanidine groups is 1. The third-order valence-corrected chi connectivity index (χ3v) is 7.26. The molecule has 3 rings (SSSR count). The third-order valence-electron chi connectivity index (χ3n) is 6.17. The zero-order chi connectivity index (χ0) is 21.2. The number of hydrogen-bond donors (Lipinski definition) is 2. The van der Waals surface area contributed by atoms with E-state index in [0.29, 0.717) is 18.7 Å². The van der Waals surface area contributed by atoms with Crippen LogP contribution in [-0.2, 0) is 11.3 Å². The van der Waals surface area contributed by atoms with Crippen LogP contribution in [0.15, 0.2) is 29.3 Å². The molecule has 2 aliphatic rings. The van der Waals surface area contributed by atoms with Crippen LogP contribution in [0.25, 0.3) is 0 Å². The van der Waals surface area contributed by atoms with Gasteiger partial charge in [-0.3, -0.25) is 9.89 Å². The maximum absolute atomic E-state index is 6.02. The predicted octanol–water partition coefficient (Wildman–Crippen LogP) is 3.74. The minimum Gasteiger partial charge on any atom is -0.492 e. The van der Waals surface area contributed by atoms with E-state index in [2.05, 4.69) is 52.0 Å². The molecule has 31 heavy (non-hydrogen) atoms. The van der Waals surface area contributed by atoms with Crippen LogP contribution >= 0.6 is 35.7 Å². The molecule has 8 heteroatoms. The Morgan fingerprint density at radius 2 is 2.06 bits per heavy atom. The van der Waals surface area contributed by atoms with Gasteiger partial charge in [0.05, 0.1) is 0 Å². The average Bonchev–Trinajstić information content (AvgIpc) is 3.25. The van der Waals surface area contributed by atoms with Gasteiger partial charge in [0.2, 0.25) is 0 Å². The molecule has 2 atom stereocenters. The lowest BCUT2D eigenvalue weighted by molar-refractivity contribution is 0.0392. The second kappa shape index (κ2) is 14.4. The van der Waals surface area contributed by atoms with Crippen molar-refractivity contribution in [1.82, 2.24) is 15.5 Å². The Morgan fingerprint density at radius 1 is 1.26 bits per heavy atom. The van der Waals surface area contributed by atoms with Crippen LogP contribution in [0, 0.1) is 0 Å². The minimum absolute atomic E-state index is 0. The highest BCUT2D eigenvalue weighted by Crippen LogP contribution is 2.28. The summed E-state index contributed by atoms with van der Waals surface area (Å²) in [4.78, 5) is 6.79. The van der Waals surface area contributed by atoms with Crippen LogP contribution in [0.5, 0.6) is 5.75 Å². The van der Waals surface area contributed by atoms with Crippen molar-refractivity contribution in [2.45, 2.75) is 56.0 Å². The van der Waals surface area contributed by atoms with E-state index in [1.807, 2.05) is 24.9 Å². The fourth-order valence-corrected chi connectivity index (χ4v) is 5.02. The molecule has 1 saturated carbocycles. The van der Waals surface area contributed by atoms with Gasteiger partial charge in [-0.05, 0) is 63.1 Å². The second-order valence-electron chi connectivity index (χ2n) is 8.26. The lowest BCUT2D eigenvalue weighted by atomic mass is 10.1. The Hall–Kier alpha value is -0.710. The number of rotatable bonds is 9. The summed E-state index contributed by atoms with van der Waals surface area (Å²) in [6.45, 7) is 4.12. The van der Waals surface area contributed by atoms with E-state index in [1.54, 1.807) is 0 Å². The molecule has 1 aliphatic carbocycles. The molecule has 0 radical (unpaired) electrons. The standard InChI is InChI=1S/C23H38N4O2S.HI/c1-24-23(26-19-7-8-22(16-19)30-3)25-17-18-5-4-6-21(15-18)29-14-11-27(2)20-9-12-28-13-10-20;/h4-6,15,19-20,22H,7-14,16-17H2,1-3H3,(H2,24,25,26);1H. The summed E-state index contributed by atoms with van der Waals surface area (Å²) in [5, 5.41) is 7.80. The fourth-order valence-electron chi connectivity index (χ4n) is 4.22. The zero-order valence-electron chi connectivity index (χ0n) is 19.1. The van der Waals surface area contributed by atoms with Crippen LogP contribution in [0.2, 0.25) is 0 Å². The van der Waals surface area contributed by atoms with E-state index in [4.69, 9.17) is 9.47 Å². The van der Waals surface area contributed by atoms with Gasteiger partial charge in [-0.15, -0.1) is 24.0 Å². The zero-order valence-corrected chi connectivity index (χ0v) is 22.3. The first-order valence-electron chi connectivity index (χ1n) is 11.2. The number of nitrogens with one attached hydrogen (secondary N) is 2. The smallest absolute Gasteiger partial charge is 0.191 e. The maximum Gasteiger partial charge on any atom is 0.191 e. The topological polar surface area (TPSA) is 58.1 Å². The number of benzene rings is 1. The molecule has 1 aliphatic heterocycles. The number of hydrogen-bond acceptors (Lipinski definition) is 5. The molecule has 0 bridgehead atoms. The number of thioether (sulfide) groups is 1. The highest BCUT2D eigenvalue weighted by molar-refractivity contribution is 14.0. The SMILES string of the molecule is CN=C(NCc1cccc(OCCN(C)C2CCOCC2)c1)NC1CCC(SC)C1.I. The van der Waals surface area contributed by atoms with Crippen LogP contribution in [0.4, 0.5) is 0 Å². The van der Waals surface area contributed by atoms with E-state index < -0.39 is 0 Å². The summed E-state index contributed by atoms with van der Waals surface area (Å²) in [5.41, 5.74) is 1.20. The first-order chi connectivity index (χ1) is 14.7. The summed E-state index contributed by atoms with van der Waals surface area (Å²) in [5.74, 6) is 1.81. The van der Waals surface area contributed by atoms with Gasteiger partial charge in [0.25, 0.3) is 0 Å². The molecule has 2 unspecified atom stereocenters. The number of halogens is 1. The van der Waals surface area contributed by atoms with Crippen molar-refractivity contribution >= 4 is 41.7 Å². The van der Waals surface area contributed by atoms with Crippen LogP contribution in [0.3, 0.4) is 0 Å². The molecular formula is C23H39IN4O2S. The Bertz CT molecular complexity index is 673. The average molecular weight is 563 g/mol. The normalized spacial score (nSPS) is 22.3. The highest BCUT2D eigenvalue weighted by atomic mass is 127. The van der Waals surface area contributed by atoms with Crippen LogP contribution in [-0.4, -0.2) is 74.9 Å². The number of nitrogens with zero attached hydrogens (tertiary/aromatic N) is 2. The molecular weight excluding hydrogens is 523 g/mol. The monoisotopic (exact) mass is 562 g/mol. The van der Waals surface area contributed by atoms with E-state index in [0.717, 1.165) is 56.1 Å². The molecule has 1 saturated heterocycles. The molecule has 176 valence electrons. The van der Waals surface area contributed by atoms with Crippen molar-refractivity contribution in [2.75, 3.05) is 46.7 Å². The summed E-state index contributed by atoms with van der Waals surface area (Å²) in [6, 6.07) is 9.48. The van der Waals surface area contributed by atoms with Crippen LogP contribution < -0.4 is 15.4 Å². The van der Waals surface area contributed by atoms with E-state index in [1.165, 1.54) is 24.8 Å². The molecule has 2 N–H and O–H groups in total. The van der Waals surface area contributed by atoms with E-state index in [9.17, 15) is 0 Å². The van der Waals surface area contributed by atoms with E-state index in [-0.39, 0.29) is 24.0 Å². The summed E-state index contributed by atoms with van der Waals surface area (Å²) < 4.78 is 11.5. The third kappa shape index (κ3) is 8.98. The summed E-state index contributed by atoms with van der Waals surface area (Å²) in [7, 11) is 4.02. The highest BCUT2D eigenvalue weighted by Gasteiger charge is 2.24. The molecule has 0 amide bonds. The molecule has 1 heterocycles. The first kappa shape index (κ1) is 26.5. The van der Waals surface area contributed by atoms with Crippen molar-refractivity contribution in [2.24, 2.45) is 4.99 Å². The lowest BCUT2D eigenvalue weighted by Crippen LogP contribution is -2.42. The Labute approximate surface area is 209 Å². The van der Waals surface area contributed by atoms with Crippen molar-refractivity contribution in [1.29, 1.82) is 0 Å².